The second kappa shape index (κ2) is 7.75. The second-order valence-electron chi connectivity index (χ2n) is 4.75. The largest absolute Gasteiger partial charge is 0.381 e. The van der Waals surface area contributed by atoms with E-state index in [0.29, 0.717) is 25.2 Å². The van der Waals surface area contributed by atoms with Crippen molar-refractivity contribution in [1.29, 1.82) is 0 Å². The maximum absolute atomic E-state index is 13.1. The molecule has 6 heteroatoms. The van der Waals surface area contributed by atoms with Gasteiger partial charge in [0, 0.05) is 39.0 Å². The average molecular weight is 290 g/mol. The fraction of sp³-hybridized carbons (Fsp3) is 0.615. The standard InChI is InChI=1S/C13H20FN3O.ClH/c1-18-13-2-3-17(12(5-13)6-15)9-10-4-11(14)8-16-7-10;/h4,7-8,12-13H,2-3,5-6,9,15H2,1H3;1H. The number of nitrogens with zero attached hydrogens (tertiary/aromatic N) is 2. The number of halogens is 2. The molecule has 19 heavy (non-hydrogen) atoms. The predicted molar refractivity (Wildman–Crippen MR) is 74.7 cm³/mol. The minimum Gasteiger partial charge on any atom is -0.381 e. The van der Waals surface area contributed by atoms with Crippen LogP contribution in [0.5, 0.6) is 0 Å². The number of rotatable bonds is 4. The van der Waals surface area contributed by atoms with Crippen LogP contribution in [0.3, 0.4) is 0 Å². The van der Waals surface area contributed by atoms with Crippen molar-refractivity contribution in [2.75, 3.05) is 20.2 Å². The Balaban J connectivity index is 0.00000180. The zero-order valence-corrected chi connectivity index (χ0v) is 11.9. The van der Waals surface area contributed by atoms with Crippen LogP contribution in [0.1, 0.15) is 18.4 Å². The van der Waals surface area contributed by atoms with Crippen LogP contribution >= 0.6 is 12.4 Å². The van der Waals surface area contributed by atoms with Crippen LogP contribution in [0.15, 0.2) is 18.5 Å². The molecule has 1 aromatic rings. The molecule has 0 spiro atoms. The summed E-state index contributed by atoms with van der Waals surface area (Å²) in [5.41, 5.74) is 6.70. The summed E-state index contributed by atoms with van der Waals surface area (Å²) >= 11 is 0. The van der Waals surface area contributed by atoms with E-state index in [2.05, 4.69) is 9.88 Å². The number of ether oxygens (including phenoxy) is 1. The van der Waals surface area contributed by atoms with Crippen molar-refractivity contribution < 1.29 is 9.13 Å². The van der Waals surface area contributed by atoms with Gasteiger partial charge in [0.2, 0.25) is 0 Å². The monoisotopic (exact) mass is 289 g/mol. The van der Waals surface area contributed by atoms with Crippen LogP contribution in [0.4, 0.5) is 4.39 Å². The molecule has 0 amide bonds. The molecule has 1 fully saturated rings. The van der Waals surface area contributed by atoms with Crippen LogP contribution in [-0.4, -0.2) is 42.2 Å². The highest BCUT2D eigenvalue weighted by molar-refractivity contribution is 5.85. The first-order valence-corrected chi connectivity index (χ1v) is 6.29. The number of pyridine rings is 1. The van der Waals surface area contributed by atoms with Gasteiger partial charge < -0.3 is 10.5 Å². The van der Waals surface area contributed by atoms with Gasteiger partial charge in [-0.25, -0.2) is 4.39 Å². The first-order chi connectivity index (χ1) is 8.72. The summed E-state index contributed by atoms with van der Waals surface area (Å²) in [7, 11) is 1.74. The maximum Gasteiger partial charge on any atom is 0.141 e. The van der Waals surface area contributed by atoms with Crippen molar-refractivity contribution in [3.63, 3.8) is 0 Å². The molecule has 2 atom stereocenters. The van der Waals surface area contributed by atoms with Gasteiger partial charge >= 0.3 is 0 Å². The number of methoxy groups -OCH3 is 1. The lowest BCUT2D eigenvalue weighted by atomic mass is 9.98. The molecular formula is C13H21ClFN3O. The molecule has 1 aliphatic rings. The first-order valence-electron chi connectivity index (χ1n) is 6.29. The van der Waals surface area contributed by atoms with E-state index in [4.69, 9.17) is 10.5 Å². The van der Waals surface area contributed by atoms with Gasteiger partial charge in [0.15, 0.2) is 0 Å². The molecule has 2 N–H and O–H groups in total. The molecule has 0 saturated carbocycles. The predicted octanol–water partition coefficient (Wildman–Crippen LogP) is 1.58. The molecule has 1 aromatic heterocycles. The molecule has 0 radical (unpaired) electrons. The smallest absolute Gasteiger partial charge is 0.141 e. The van der Waals surface area contributed by atoms with Crippen LogP contribution < -0.4 is 5.73 Å². The number of hydrogen-bond acceptors (Lipinski definition) is 4. The van der Waals surface area contributed by atoms with Gasteiger partial charge in [-0.1, -0.05) is 0 Å². The molecule has 2 unspecified atom stereocenters. The number of likely N-dealkylation sites (tertiary alicyclic amines) is 1. The zero-order chi connectivity index (χ0) is 13.0. The van der Waals surface area contributed by atoms with Gasteiger partial charge in [0.25, 0.3) is 0 Å². The molecule has 0 aliphatic carbocycles. The van der Waals surface area contributed by atoms with Crippen LogP contribution in [0.2, 0.25) is 0 Å². The molecule has 2 heterocycles. The van der Waals surface area contributed by atoms with E-state index in [1.54, 1.807) is 13.3 Å². The fourth-order valence-electron chi connectivity index (χ4n) is 2.51. The molecule has 0 bridgehead atoms. The summed E-state index contributed by atoms with van der Waals surface area (Å²) < 4.78 is 18.5. The third-order valence-electron chi connectivity index (χ3n) is 3.54. The van der Waals surface area contributed by atoms with Crippen LogP contribution in [-0.2, 0) is 11.3 Å². The summed E-state index contributed by atoms with van der Waals surface area (Å²) in [6.45, 7) is 2.22. The number of aromatic nitrogens is 1. The Hall–Kier alpha value is -0.750. The minimum absolute atomic E-state index is 0. The molecule has 0 aromatic carbocycles. The summed E-state index contributed by atoms with van der Waals surface area (Å²) in [6, 6.07) is 1.83. The number of piperidine rings is 1. The Morgan fingerprint density at radius 3 is 2.95 bits per heavy atom. The highest BCUT2D eigenvalue weighted by atomic mass is 35.5. The SMILES string of the molecule is COC1CCN(Cc2cncc(F)c2)C(CN)C1.Cl. The summed E-state index contributed by atoms with van der Waals surface area (Å²) in [5.74, 6) is -0.288. The summed E-state index contributed by atoms with van der Waals surface area (Å²) in [5, 5.41) is 0. The van der Waals surface area contributed by atoms with Crippen molar-refractivity contribution in [1.82, 2.24) is 9.88 Å². The van der Waals surface area contributed by atoms with Gasteiger partial charge in [0.05, 0.1) is 12.3 Å². The van der Waals surface area contributed by atoms with Crippen molar-refractivity contribution in [2.45, 2.75) is 31.5 Å². The first kappa shape index (κ1) is 16.3. The van der Waals surface area contributed by atoms with Gasteiger partial charge in [-0.2, -0.15) is 0 Å². The molecule has 4 nitrogen and oxygen atoms in total. The van der Waals surface area contributed by atoms with E-state index in [1.807, 2.05) is 0 Å². The van der Waals surface area contributed by atoms with Crippen molar-refractivity contribution in [3.8, 4) is 0 Å². The van der Waals surface area contributed by atoms with E-state index in [0.717, 1.165) is 24.9 Å². The normalized spacial score (nSPS) is 23.9. The number of nitrogens with two attached hydrogens (primary N) is 1. The van der Waals surface area contributed by atoms with Gasteiger partial charge in [0.1, 0.15) is 5.82 Å². The highest BCUT2D eigenvalue weighted by Gasteiger charge is 2.27. The lowest BCUT2D eigenvalue weighted by Crippen LogP contribution is -2.47. The van der Waals surface area contributed by atoms with Crippen LogP contribution in [0, 0.1) is 5.82 Å². The van der Waals surface area contributed by atoms with E-state index in [-0.39, 0.29) is 18.2 Å². The minimum atomic E-state index is -0.288. The van der Waals surface area contributed by atoms with Crippen molar-refractivity contribution in [3.05, 3.63) is 29.8 Å². The molecule has 1 aliphatic heterocycles. The quantitative estimate of drug-likeness (QED) is 0.914. The van der Waals surface area contributed by atoms with Crippen molar-refractivity contribution >= 4 is 12.4 Å². The maximum atomic E-state index is 13.1. The van der Waals surface area contributed by atoms with E-state index >= 15 is 0 Å². The lowest BCUT2D eigenvalue weighted by Gasteiger charge is -2.38. The van der Waals surface area contributed by atoms with Crippen molar-refractivity contribution in [2.24, 2.45) is 5.73 Å². The van der Waals surface area contributed by atoms with E-state index in [9.17, 15) is 4.39 Å². The Morgan fingerprint density at radius 1 is 1.53 bits per heavy atom. The molecular weight excluding hydrogens is 269 g/mol. The molecule has 108 valence electrons. The Kier molecular flexibility index (Phi) is 6.65. The van der Waals surface area contributed by atoms with Gasteiger partial charge in [-0.05, 0) is 24.5 Å². The second-order valence-corrected chi connectivity index (χ2v) is 4.75. The van der Waals surface area contributed by atoms with Gasteiger partial charge in [-0.15, -0.1) is 12.4 Å². The molecule has 1 saturated heterocycles. The third kappa shape index (κ3) is 4.38. The Morgan fingerprint density at radius 2 is 2.32 bits per heavy atom. The summed E-state index contributed by atoms with van der Waals surface area (Å²) in [4.78, 5) is 6.16. The summed E-state index contributed by atoms with van der Waals surface area (Å²) in [6.07, 6.45) is 5.16. The topological polar surface area (TPSA) is 51.4 Å². The highest BCUT2D eigenvalue weighted by Crippen LogP contribution is 2.21. The van der Waals surface area contributed by atoms with Crippen LogP contribution in [0.25, 0.3) is 0 Å². The third-order valence-corrected chi connectivity index (χ3v) is 3.54. The van der Waals surface area contributed by atoms with E-state index in [1.165, 1.54) is 12.3 Å². The average Bonchev–Trinajstić information content (AvgIpc) is 2.39. The Labute approximate surface area is 119 Å². The zero-order valence-electron chi connectivity index (χ0n) is 11.1. The molecule has 2 rings (SSSR count). The Bertz CT molecular complexity index is 394. The number of hydrogen-bond donors (Lipinski definition) is 1. The van der Waals surface area contributed by atoms with Gasteiger partial charge in [-0.3, -0.25) is 9.88 Å². The fourth-order valence-corrected chi connectivity index (χ4v) is 2.51. The lowest BCUT2D eigenvalue weighted by molar-refractivity contribution is 0.0101. The van der Waals surface area contributed by atoms with E-state index < -0.39 is 0 Å².